The van der Waals surface area contributed by atoms with Crippen LogP contribution in [0.2, 0.25) is 19.1 Å². The summed E-state index contributed by atoms with van der Waals surface area (Å²) in [5, 5.41) is 24.4. The monoisotopic (exact) mass is 532 g/mol. The van der Waals surface area contributed by atoms with Gasteiger partial charge in [-0.1, -0.05) is 37.3 Å². The predicted molar refractivity (Wildman–Crippen MR) is 142 cm³/mol. The summed E-state index contributed by atoms with van der Waals surface area (Å²) in [6.45, 7) is 4.74. The molecule has 0 spiro atoms. The molecule has 2 aromatic carbocycles. The zero-order valence-electron chi connectivity index (χ0n) is 20.8. The molecule has 10 nitrogen and oxygen atoms in total. The van der Waals surface area contributed by atoms with Crippen molar-refractivity contribution in [1.29, 1.82) is 0 Å². The Kier molecular flexibility index (Phi) is 9.22. The second kappa shape index (κ2) is 12.5. The molecule has 0 saturated carbocycles. The van der Waals surface area contributed by atoms with Crippen LogP contribution < -0.4 is 10.6 Å². The maximum absolute atomic E-state index is 13.2. The lowest BCUT2D eigenvalue weighted by Crippen LogP contribution is -2.27. The molecule has 1 aromatic heterocycles. The topological polar surface area (TPSA) is 163 Å². The van der Waals surface area contributed by atoms with E-state index in [-0.39, 0.29) is 39.2 Å². The molecule has 3 aromatic rings. The first-order valence-electron chi connectivity index (χ1n) is 11.7. The second-order valence-corrected chi connectivity index (χ2v) is 11.6. The molecule has 0 aliphatic heterocycles. The second-order valence-electron chi connectivity index (χ2n) is 8.70. The predicted octanol–water partition coefficient (Wildman–Crippen LogP) is 3.84. The largest absolute Gasteiger partial charge is 0.478 e. The van der Waals surface area contributed by atoms with Crippen LogP contribution in [0.3, 0.4) is 0 Å². The molecular formula is C27H26N3O7Si. The number of hydrogen-bond donors (Lipinski definition) is 4. The third-order valence-electron chi connectivity index (χ3n) is 5.56. The summed E-state index contributed by atoms with van der Waals surface area (Å²) in [4.78, 5) is 66.2. The van der Waals surface area contributed by atoms with Crippen LogP contribution >= 0.6 is 0 Å². The Labute approximate surface area is 220 Å². The third kappa shape index (κ3) is 6.98. The van der Waals surface area contributed by atoms with E-state index in [1.54, 1.807) is 12.1 Å². The Morgan fingerprint density at radius 2 is 1.42 bits per heavy atom. The van der Waals surface area contributed by atoms with Crippen molar-refractivity contribution < 1.29 is 34.2 Å². The molecule has 38 heavy (non-hydrogen) atoms. The Morgan fingerprint density at radius 1 is 0.789 bits per heavy atom. The Hall–Kier alpha value is -4.64. The van der Waals surface area contributed by atoms with Gasteiger partial charge in [0.15, 0.2) is 5.78 Å². The van der Waals surface area contributed by atoms with Crippen molar-refractivity contribution in [3.8, 4) is 0 Å². The van der Waals surface area contributed by atoms with E-state index in [4.69, 9.17) is 0 Å². The number of ketones is 1. The quantitative estimate of drug-likeness (QED) is 0.164. The van der Waals surface area contributed by atoms with Crippen molar-refractivity contribution in [2.24, 2.45) is 0 Å². The van der Waals surface area contributed by atoms with Gasteiger partial charge in [-0.25, -0.2) is 14.6 Å². The van der Waals surface area contributed by atoms with Gasteiger partial charge in [-0.05, 0) is 42.8 Å². The van der Waals surface area contributed by atoms with Crippen LogP contribution in [0.5, 0.6) is 0 Å². The Bertz CT molecular complexity index is 1390. The van der Waals surface area contributed by atoms with Crippen LogP contribution in [0.1, 0.15) is 63.8 Å². The molecule has 1 heterocycles. The van der Waals surface area contributed by atoms with E-state index in [1.807, 2.05) is 0 Å². The van der Waals surface area contributed by atoms with Crippen molar-refractivity contribution in [2.45, 2.75) is 25.6 Å². The third-order valence-corrected chi connectivity index (χ3v) is 6.91. The summed E-state index contributed by atoms with van der Waals surface area (Å²) in [5.74, 6) is -4.54. The minimum absolute atomic E-state index is 0.0357. The molecule has 11 heteroatoms. The highest BCUT2D eigenvalue weighted by molar-refractivity contribution is 6.55. The average molecular weight is 533 g/mol. The Balaban J connectivity index is 1.89. The molecule has 3 rings (SSSR count). The van der Waals surface area contributed by atoms with Gasteiger partial charge >= 0.3 is 11.9 Å². The number of carboxylic acids is 2. The first-order valence-corrected chi connectivity index (χ1v) is 14.4. The molecule has 1 radical (unpaired) electrons. The number of rotatable bonds is 11. The lowest BCUT2D eigenvalue weighted by molar-refractivity contribution is 0.0682. The maximum atomic E-state index is 13.2. The SMILES string of the molecule is C[Si](C)CCCNC(=O)c1ccc(C(=O)c2ccc(C(=O)O)c(C(=O)Nc3ccccn3)c2)cc1C(=O)O. The fourth-order valence-electron chi connectivity index (χ4n) is 3.65. The zero-order chi connectivity index (χ0) is 27.8. The van der Waals surface area contributed by atoms with E-state index in [0.29, 0.717) is 6.54 Å². The highest BCUT2D eigenvalue weighted by Gasteiger charge is 2.23. The number of amides is 2. The molecule has 4 N–H and O–H groups in total. The summed E-state index contributed by atoms with van der Waals surface area (Å²) in [6.07, 6.45) is 2.24. The Morgan fingerprint density at radius 3 is 2.00 bits per heavy atom. The lowest BCUT2D eigenvalue weighted by atomic mass is 9.95. The fourth-order valence-corrected chi connectivity index (χ4v) is 4.53. The van der Waals surface area contributed by atoms with Crippen LogP contribution in [0, 0.1) is 0 Å². The average Bonchev–Trinajstić information content (AvgIpc) is 2.90. The molecular weight excluding hydrogens is 506 g/mol. The molecule has 2 amide bonds. The maximum Gasteiger partial charge on any atom is 0.336 e. The van der Waals surface area contributed by atoms with Gasteiger partial charge in [0.05, 0.1) is 22.3 Å². The summed E-state index contributed by atoms with van der Waals surface area (Å²) in [5.41, 5.74) is -1.10. The van der Waals surface area contributed by atoms with Crippen LogP contribution in [-0.4, -0.2) is 60.1 Å². The zero-order valence-corrected chi connectivity index (χ0v) is 21.8. The fraction of sp³-hybridized carbons (Fsp3) is 0.185. The summed E-state index contributed by atoms with van der Waals surface area (Å²) < 4.78 is 0. The highest BCUT2D eigenvalue weighted by Crippen LogP contribution is 2.20. The van der Waals surface area contributed by atoms with Crippen LogP contribution in [-0.2, 0) is 0 Å². The number of carbonyl (C=O) groups is 5. The molecule has 0 saturated heterocycles. The molecule has 0 aliphatic carbocycles. The summed E-state index contributed by atoms with van der Waals surface area (Å²) in [6, 6.07) is 13.0. The number of hydrogen-bond acceptors (Lipinski definition) is 6. The van der Waals surface area contributed by atoms with E-state index in [9.17, 15) is 34.2 Å². The number of aromatic nitrogens is 1. The molecule has 195 valence electrons. The minimum Gasteiger partial charge on any atom is -0.478 e. The number of carboxylic acid groups (broad SMARTS) is 2. The normalized spacial score (nSPS) is 10.6. The van der Waals surface area contributed by atoms with Crippen LogP contribution in [0.15, 0.2) is 60.8 Å². The van der Waals surface area contributed by atoms with Crippen LogP contribution in [0.25, 0.3) is 0 Å². The van der Waals surface area contributed by atoms with E-state index in [1.165, 1.54) is 30.5 Å². The molecule has 0 atom stereocenters. The van der Waals surface area contributed by atoms with Gasteiger partial charge in [0.25, 0.3) is 11.8 Å². The van der Waals surface area contributed by atoms with Gasteiger partial charge in [-0.3, -0.25) is 14.4 Å². The van der Waals surface area contributed by atoms with E-state index in [2.05, 4.69) is 28.7 Å². The molecule has 0 aliphatic rings. The van der Waals surface area contributed by atoms with Gasteiger partial charge in [-0.15, -0.1) is 0 Å². The minimum atomic E-state index is -1.38. The van der Waals surface area contributed by atoms with Gasteiger partial charge in [0.1, 0.15) is 5.82 Å². The lowest BCUT2D eigenvalue weighted by Gasteiger charge is -2.11. The number of anilines is 1. The van der Waals surface area contributed by atoms with E-state index < -0.39 is 38.3 Å². The van der Waals surface area contributed by atoms with Crippen molar-refractivity contribution >= 4 is 44.2 Å². The number of benzene rings is 2. The number of pyridine rings is 1. The highest BCUT2D eigenvalue weighted by atomic mass is 28.3. The van der Waals surface area contributed by atoms with Gasteiger partial charge < -0.3 is 20.8 Å². The van der Waals surface area contributed by atoms with Gasteiger partial charge in [0, 0.05) is 32.7 Å². The molecule has 0 bridgehead atoms. The van der Waals surface area contributed by atoms with E-state index in [0.717, 1.165) is 30.7 Å². The van der Waals surface area contributed by atoms with Crippen molar-refractivity contribution in [1.82, 2.24) is 10.3 Å². The van der Waals surface area contributed by atoms with Crippen molar-refractivity contribution in [2.75, 3.05) is 11.9 Å². The van der Waals surface area contributed by atoms with Crippen LogP contribution in [0.4, 0.5) is 5.82 Å². The van der Waals surface area contributed by atoms with Gasteiger partial charge in [-0.2, -0.15) is 0 Å². The smallest absolute Gasteiger partial charge is 0.336 e. The number of nitrogens with zero attached hydrogens (tertiary/aromatic N) is 1. The van der Waals surface area contributed by atoms with E-state index >= 15 is 0 Å². The number of aromatic carboxylic acids is 2. The number of nitrogens with one attached hydrogen (secondary N) is 2. The first-order chi connectivity index (χ1) is 18.1. The molecule has 0 unspecified atom stereocenters. The standard InChI is InChI=1S/C27H26N3O7Si/c1-38(2)13-5-12-29-24(32)18-9-7-17(15-21(18)27(36)37)23(31)16-8-10-19(26(34)35)20(14-16)25(33)30-22-6-3-4-11-28-22/h3-4,6-11,14-15H,5,12-13H2,1-2H3,(H,29,32)(H,34,35)(H,36,37)(H,28,30,33). The summed E-state index contributed by atoms with van der Waals surface area (Å²) in [7, 11) is -0.434. The van der Waals surface area contributed by atoms with Crippen molar-refractivity contribution in [3.63, 3.8) is 0 Å². The summed E-state index contributed by atoms with van der Waals surface area (Å²) >= 11 is 0. The van der Waals surface area contributed by atoms with Gasteiger partial charge in [0.2, 0.25) is 0 Å². The number of carbonyl (C=O) groups excluding carboxylic acids is 3. The van der Waals surface area contributed by atoms with Crippen molar-refractivity contribution in [3.05, 3.63) is 94.2 Å². The first kappa shape index (κ1) is 27.9. The molecule has 0 fully saturated rings.